The molecule has 2 amide bonds. The summed E-state index contributed by atoms with van der Waals surface area (Å²) < 4.78 is 1.54. The number of nitrogens with one attached hydrogen (secondary N) is 2. The Morgan fingerprint density at radius 3 is 2.28 bits per heavy atom. The van der Waals surface area contributed by atoms with Crippen LogP contribution in [0.2, 0.25) is 0 Å². The molecule has 6 nitrogen and oxygen atoms in total. The molecule has 2 atom stereocenters. The first-order valence-electron chi connectivity index (χ1n) is 12.1. The Kier molecular flexibility index (Phi) is 7.44. The second-order valence-electron chi connectivity index (χ2n) is 8.97. The molecule has 0 bridgehead atoms. The lowest BCUT2D eigenvalue weighted by atomic mass is 9.95. The average Bonchev–Trinajstić information content (AvgIpc) is 3.68. The van der Waals surface area contributed by atoms with Crippen LogP contribution in [-0.4, -0.2) is 29.5 Å². The van der Waals surface area contributed by atoms with E-state index in [1.807, 2.05) is 23.6 Å². The van der Waals surface area contributed by atoms with Gasteiger partial charge in [0.05, 0.1) is 4.88 Å². The highest BCUT2D eigenvalue weighted by atomic mass is 32.1. The molecule has 0 spiro atoms. The van der Waals surface area contributed by atoms with E-state index in [2.05, 4.69) is 16.7 Å². The number of thiophene rings is 2. The predicted molar refractivity (Wildman–Crippen MR) is 145 cm³/mol. The van der Waals surface area contributed by atoms with Crippen LogP contribution in [0.4, 0.5) is 0 Å². The lowest BCUT2D eigenvalue weighted by Gasteiger charge is -2.20. The first-order valence-corrected chi connectivity index (χ1v) is 13.8. The Labute approximate surface area is 217 Å². The van der Waals surface area contributed by atoms with Gasteiger partial charge in [-0.1, -0.05) is 18.6 Å². The lowest BCUT2D eigenvalue weighted by Crippen LogP contribution is -2.35. The van der Waals surface area contributed by atoms with Gasteiger partial charge in [-0.2, -0.15) is 0 Å². The van der Waals surface area contributed by atoms with Gasteiger partial charge in [-0.3, -0.25) is 19.0 Å². The van der Waals surface area contributed by atoms with E-state index in [0.717, 1.165) is 34.7 Å². The van der Waals surface area contributed by atoms with Crippen LogP contribution in [0, 0.1) is 11.8 Å². The van der Waals surface area contributed by atoms with Crippen molar-refractivity contribution < 1.29 is 9.59 Å². The smallest absolute Gasteiger partial charge is 0.261 e. The maximum atomic E-state index is 12.7. The third kappa shape index (κ3) is 5.50. The molecule has 4 aromatic rings. The molecule has 0 radical (unpaired) electrons. The van der Waals surface area contributed by atoms with Crippen molar-refractivity contribution in [2.45, 2.75) is 19.3 Å². The second kappa shape index (κ2) is 11.1. The summed E-state index contributed by atoms with van der Waals surface area (Å²) >= 11 is 3.19. The molecule has 1 saturated carbocycles. The van der Waals surface area contributed by atoms with Gasteiger partial charge < -0.3 is 10.6 Å². The zero-order chi connectivity index (χ0) is 24.9. The van der Waals surface area contributed by atoms with E-state index in [0.29, 0.717) is 30.5 Å². The fourth-order valence-corrected chi connectivity index (χ4v) is 6.47. The minimum Gasteiger partial charge on any atom is -0.352 e. The maximum Gasteiger partial charge on any atom is 0.261 e. The highest BCUT2D eigenvalue weighted by Gasteiger charge is 2.28. The van der Waals surface area contributed by atoms with Crippen molar-refractivity contribution in [3.63, 3.8) is 0 Å². The van der Waals surface area contributed by atoms with E-state index in [9.17, 15) is 14.4 Å². The third-order valence-electron chi connectivity index (χ3n) is 6.69. The first kappa shape index (κ1) is 24.2. The number of amides is 2. The van der Waals surface area contributed by atoms with Crippen molar-refractivity contribution in [3.05, 3.63) is 99.1 Å². The SMILES string of the molecule is O=C(NCC1CCCC1CNC(=O)c1ccc(-c2cccs2)s1)c1ccc(-n2ccccc2=O)cc1. The molecule has 0 saturated heterocycles. The predicted octanol–water partition coefficient (Wildman–Crippen LogP) is 5.20. The van der Waals surface area contributed by atoms with E-state index >= 15 is 0 Å². The van der Waals surface area contributed by atoms with Crippen LogP contribution >= 0.6 is 22.7 Å². The summed E-state index contributed by atoms with van der Waals surface area (Å²) in [4.78, 5) is 40.4. The molecule has 1 aliphatic carbocycles. The topological polar surface area (TPSA) is 80.2 Å². The van der Waals surface area contributed by atoms with Gasteiger partial charge in [-0.05, 0) is 78.6 Å². The van der Waals surface area contributed by atoms with Crippen molar-refractivity contribution in [3.8, 4) is 15.4 Å². The number of benzene rings is 1. The highest BCUT2D eigenvalue weighted by Crippen LogP contribution is 2.33. The monoisotopic (exact) mass is 517 g/mol. The number of nitrogens with zero attached hydrogens (tertiary/aromatic N) is 1. The number of carbonyl (C=O) groups is 2. The van der Waals surface area contributed by atoms with E-state index in [1.54, 1.807) is 53.9 Å². The summed E-state index contributed by atoms with van der Waals surface area (Å²) in [5, 5.41) is 8.21. The Hall–Kier alpha value is -3.49. The van der Waals surface area contributed by atoms with E-state index in [-0.39, 0.29) is 17.4 Å². The zero-order valence-corrected chi connectivity index (χ0v) is 21.3. The summed E-state index contributed by atoms with van der Waals surface area (Å²) in [6.45, 7) is 1.20. The number of aromatic nitrogens is 1. The molecular weight excluding hydrogens is 490 g/mol. The van der Waals surface area contributed by atoms with Crippen molar-refractivity contribution in [1.29, 1.82) is 0 Å². The number of carbonyl (C=O) groups excluding carboxylic acids is 2. The van der Waals surface area contributed by atoms with Crippen LogP contribution in [0.1, 0.15) is 39.3 Å². The van der Waals surface area contributed by atoms with E-state index in [4.69, 9.17) is 0 Å². The van der Waals surface area contributed by atoms with Gasteiger partial charge >= 0.3 is 0 Å². The van der Waals surface area contributed by atoms with Crippen molar-refractivity contribution >= 4 is 34.5 Å². The fraction of sp³-hybridized carbons (Fsp3) is 0.250. The zero-order valence-electron chi connectivity index (χ0n) is 19.7. The summed E-state index contributed by atoms with van der Waals surface area (Å²) in [5.74, 6) is 0.520. The van der Waals surface area contributed by atoms with Gasteiger partial charge in [0.25, 0.3) is 17.4 Å². The fourth-order valence-electron chi connectivity index (χ4n) is 4.71. The molecule has 8 heteroatoms. The van der Waals surface area contributed by atoms with Gasteiger partial charge in [0.2, 0.25) is 0 Å². The first-order chi connectivity index (χ1) is 17.6. The Morgan fingerprint density at radius 2 is 1.58 bits per heavy atom. The molecule has 2 N–H and O–H groups in total. The normalized spacial score (nSPS) is 17.1. The molecule has 1 aliphatic rings. The van der Waals surface area contributed by atoms with Crippen molar-refractivity contribution in [2.24, 2.45) is 11.8 Å². The van der Waals surface area contributed by atoms with Crippen LogP contribution < -0.4 is 16.2 Å². The van der Waals surface area contributed by atoms with Crippen molar-refractivity contribution in [2.75, 3.05) is 13.1 Å². The number of hydrogen-bond acceptors (Lipinski definition) is 5. The van der Waals surface area contributed by atoms with Gasteiger partial charge in [-0.25, -0.2) is 0 Å². The quantitative estimate of drug-likeness (QED) is 0.337. The molecule has 184 valence electrons. The third-order valence-corrected chi connectivity index (χ3v) is 8.84. The summed E-state index contributed by atoms with van der Waals surface area (Å²) in [7, 11) is 0. The van der Waals surface area contributed by atoms with Crippen molar-refractivity contribution in [1.82, 2.24) is 15.2 Å². The highest BCUT2D eigenvalue weighted by molar-refractivity contribution is 7.22. The molecule has 1 aromatic carbocycles. The summed E-state index contributed by atoms with van der Waals surface area (Å²) in [6.07, 6.45) is 4.89. The molecule has 0 aliphatic heterocycles. The number of rotatable bonds is 8. The van der Waals surface area contributed by atoms with Crippen LogP contribution in [0.5, 0.6) is 0 Å². The molecule has 3 heterocycles. The minimum atomic E-state index is -0.128. The van der Waals surface area contributed by atoms with Gasteiger partial charge in [-0.15, -0.1) is 22.7 Å². The molecule has 36 heavy (non-hydrogen) atoms. The van der Waals surface area contributed by atoms with Crippen LogP contribution in [0.15, 0.2) is 83.1 Å². The largest absolute Gasteiger partial charge is 0.352 e. The van der Waals surface area contributed by atoms with E-state index < -0.39 is 0 Å². The summed E-state index contributed by atoms with van der Waals surface area (Å²) in [5.41, 5.74) is 1.16. The second-order valence-corrected chi connectivity index (χ2v) is 11.0. The minimum absolute atomic E-state index is 0.0323. The van der Waals surface area contributed by atoms with Crippen LogP contribution in [0.3, 0.4) is 0 Å². The Balaban J connectivity index is 1.12. The van der Waals surface area contributed by atoms with Gasteiger partial charge in [0.15, 0.2) is 0 Å². The average molecular weight is 518 g/mol. The molecular formula is C28H27N3O3S2. The lowest BCUT2D eigenvalue weighted by molar-refractivity contribution is 0.0925. The maximum absolute atomic E-state index is 12.7. The number of pyridine rings is 1. The molecule has 2 unspecified atom stereocenters. The van der Waals surface area contributed by atoms with Crippen LogP contribution in [0.25, 0.3) is 15.4 Å². The van der Waals surface area contributed by atoms with Gasteiger partial charge in [0, 0.05) is 46.4 Å². The van der Waals surface area contributed by atoms with E-state index in [1.165, 1.54) is 26.8 Å². The Bertz CT molecular complexity index is 1390. The summed E-state index contributed by atoms with van der Waals surface area (Å²) in [6, 6.07) is 20.0. The molecule has 3 aromatic heterocycles. The molecule has 5 rings (SSSR count). The Morgan fingerprint density at radius 1 is 0.833 bits per heavy atom. The molecule has 1 fully saturated rings. The standard InChI is InChI=1S/C28H27N3O3S2/c32-26-8-1-2-15-31(26)22-11-9-19(10-12-22)27(33)29-17-20-5-3-6-21(20)18-30-28(34)25-14-13-24(36-25)23-7-4-16-35-23/h1-2,4,7-16,20-21H,3,5-6,17-18H2,(H,29,33)(H,30,34). The number of hydrogen-bond donors (Lipinski definition) is 2. The van der Waals surface area contributed by atoms with Gasteiger partial charge in [0.1, 0.15) is 0 Å². The van der Waals surface area contributed by atoms with Crippen LogP contribution in [-0.2, 0) is 0 Å².